The molecular formula is C31H35N5O3Si. The molecular weight excluding hydrogens is 518 g/mol. The summed E-state index contributed by atoms with van der Waals surface area (Å²) in [5.74, 6) is 5.95. The summed E-state index contributed by atoms with van der Waals surface area (Å²) in [7, 11) is -2.77. The minimum Gasteiger partial charge on any atom is -0.394 e. The van der Waals surface area contributed by atoms with Crippen LogP contribution in [0.5, 0.6) is 0 Å². The number of anilines is 1. The van der Waals surface area contributed by atoms with Crippen LogP contribution >= 0.6 is 0 Å². The summed E-state index contributed by atoms with van der Waals surface area (Å²) in [6.07, 6.45) is 1.03. The molecule has 0 saturated carbocycles. The fraction of sp³-hybridized carbons (Fsp3) is 0.323. The lowest BCUT2D eigenvalue weighted by Crippen LogP contribution is -2.67. The predicted octanol–water partition coefficient (Wildman–Crippen LogP) is 4.01. The second-order valence-electron chi connectivity index (χ2n) is 11.7. The van der Waals surface area contributed by atoms with Crippen LogP contribution in [0.2, 0.25) is 5.04 Å². The number of aromatic nitrogens is 4. The Kier molecular flexibility index (Phi) is 8.05. The van der Waals surface area contributed by atoms with Gasteiger partial charge in [-0.3, -0.25) is 19.9 Å². The summed E-state index contributed by atoms with van der Waals surface area (Å²) in [4.78, 5) is 40.5. The molecule has 0 aliphatic carbocycles. The van der Waals surface area contributed by atoms with Crippen molar-refractivity contribution in [1.29, 1.82) is 0 Å². The van der Waals surface area contributed by atoms with Gasteiger partial charge in [0.25, 0.3) is 13.9 Å². The Morgan fingerprint density at radius 3 is 2.05 bits per heavy atom. The maximum Gasteiger partial charge on any atom is 0.280 e. The lowest BCUT2D eigenvalue weighted by Gasteiger charge is -2.43. The molecule has 0 radical (unpaired) electrons. The van der Waals surface area contributed by atoms with Crippen LogP contribution < -0.4 is 21.2 Å². The lowest BCUT2D eigenvalue weighted by atomic mass is 9.96. The van der Waals surface area contributed by atoms with Crippen molar-refractivity contribution in [3.05, 3.63) is 82.9 Å². The van der Waals surface area contributed by atoms with Gasteiger partial charge in [-0.05, 0) is 28.3 Å². The van der Waals surface area contributed by atoms with E-state index >= 15 is 0 Å². The van der Waals surface area contributed by atoms with E-state index in [2.05, 4.69) is 82.1 Å². The highest BCUT2D eigenvalue weighted by molar-refractivity contribution is 6.99. The molecule has 206 valence electrons. The molecule has 0 fully saturated rings. The van der Waals surface area contributed by atoms with Crippen LogP contribution in [-0.4, -0.2) is 40.3 Å². The highest BCUT2D eigenvalue weighted by Crippen LogP contribution is 2.37. The Morgan fingerprint density at radius 2 is 1.52 bits per heavy atom. The minimum atomic E-state index is -2.77. The van der Waals surface area contributed by atoms with Crippen molar-refractivity contribution < 1.29 is 9.22 Å². The quantitative estimate of drug-likeness (QED) is 0.285. The van der Waals surface area contributed by atoms with Crippen molar-refractivity contribution in [1.82, 2.24) is 19.9 Å². The summed E-state index contributed by atoms with van der Waals surface area (Å²) in [5, 5.41) is 4.76. The van der Waals surface area contributed by atoms with E-state index in [-0.39, 0.29) is 28.1 Å². The highest BCUT2D eigenvalue weighted by Gasteiger charge is 2.50. The van der Waals surface area contributed by atoms with E-state index in [1.165, 1.54) is 16.6 Å². The zero-order valence-electron chi connectivity index (χ0n) is 24.0. The third-order valence-electron chi connectivity index (χ3n) is 6.50. The number of carbonyl (C=O) groups excluding carboxylic acids is 1. The Hall–Kier alpha value is -4.13. The molecule has 9 heteroatoms. The molecule has 0 aliphatic rings. The average Bonchev–Trinajstić information content (AvgIpc) is 2.90. The number of nitrogens with zero attached hydrogens (tertiary/aromatic N) is 3. The first-order valence-electron chi connectivity index (χ1n) is 13.2. The number of rotatable bonds is 5. The normalized spacial score (nSPS) is 12.9. The SMILES string of the molecule is CC(C#Cc1cnc2nc(NC(=O)C(C)(C)C)[nH]c(=O)c2n1)O[Si](c1ccccc1)(c1ccccc1)C(C)(C)C. The number of benzene rings is 2. The van der Waals surface area contributed by atoms with Crippen LogP contribution in [0.1, 0.15) is 54.2 Å². The molecule has 2 aromatic carbocycles. The summed E-state index contributed by atoms with van der Waals surface area (Å²) in [6, 6.07) is 20.7. The van der Waals surface area contributed by atoms with Gasteiger partial charge in [-0.25, -0.2) is 9.97 Å². The third kappa shape index (κ3) is 6.03. The fourth-order valence-electron chi connectivity index (χ4n) is 4.49. The molecule has 40 heavy (non-hydrogen) atoms. The smallest absolute Gasteiger partial charge is 0.280 e. The van der Waals surface area contributed by atoms with Crippen molar-refractivity contribution in [2.24, 2.45) is 5.41 Å². The van der Waals surface area contributed by atoms with E-state index in [9.17, 15) is 9.59 Å². The van der Waals surface area contributed by atoms with E-state index < -0.39 is 25.4 Å². The maximum atomic E-state index is 12.7. The molecule has 4 rings (SSSR count). The Balaban J connectivity index is 1.67. The van der Waals surface area contributed by atoms with Crippen LogP contribution in [0, 0.1) is 17.3 Å². The van der Waals surface area contributed by atoms with E-state index in [0.717, 1.165) is 0 Å². The number of hydrogen-bond acceptors (Lipinski definition) is 6. The van der Waals surface area contributed by atoms with Crippen LogP contribution in [0.3, 0.4) is 0 Å². The lowest BCUT2D eigenvalue weighted by molar-refractivity contribution is -0.123. The van der Waals surface area contributed by atoms with Gasteiger partial charge in [-0.2, -0.15) is 4.98 Å². The first-order valence-corrected chi connectivity index (χ1v) is 15.1. The van der Waals surface area contributed by atoms with Gasteiger partial charge in [0.1, 0.15) is 11.8 Å². The van der Waals surface area contributed by atoms with Crippen molar-refractivity contribution in [3.8, 4) is 11.8 Å². The van der Waals surface area contributed by atoms with E-state index in [4.69, 9.17) is 4.43 Å². The number of hydrogen-bond donors (Lipinski definition) is 2. The summed E-state index contributed by atoms with van der Waals surface area (Å²) < 4.78 is 6.98. The predicted molar refractivity (Wildman–Crippen MR) is 161 cm³/mol. The summed E-state index contributed by atoms with van der Waals surface area (Å²) in [6.45, 7) is 13.9. The van der Waals surface area contributed by atoms with E-state index in [1.54, 1.807) is 20.8 Å². The van der Waals surface area contributed by atoms with E-state index in [0.29, 0.717) is 5.69 Å². The number of H-pyrrole nitrogens is 1. The van der Waals surface area contributed by atoms with Gasteiger partial charge in [-0.1, -0.05) is 108 Å². The molecule has 0 saturated heterocycles. The second kappa shape index (κ2) is 11.2. The van der Waals surface area contributed by atoms with Crippen molar-refractivity contribution in [3.63, 3.8) is 0 Å². The zero-order chi connectivity index (χ0) is 29.1. The largest absolute Gasteiger partial charge is 0.394 e. The molecule has 8 nitrogen and oxygen atoms in total. The van der Waals surface area contributed by atoms with Crippen LogP contribution in [-0.2, 0) is 9.22 Å². The van der Waals surface area contributed by atoms with Crippen molar-refractivity contribution in [2.45, 2.75) is 59.6 Å². The molecule has 0 spiro atoms. The van der Waals surface area contributed by atoms with Gasteiger partial charge < -0.3 is 4.43 Å². The van der Waals surface area contributed by atoms with Crippen LogP contribution in [0.25, 0.3) is 11.2 Å². The number of fused-ring (bicyclic) bond motifs is 1. The number of carbonyl (C=O) groups is 1. The molecule has 1 amide bonds. The summed E-state index contributed by atoms with van der Waals surface area (Å²) >= 11 is 0. The third-order valence-corrected chi connectivity index (χ3v) is 11.6. The molecule has 1 unspecified atom stereocenters. The monoisotopic (exact) mass is 553 g/mol. The Labute approximate surface area is 235 Å². The van der Waals surface area contributed by atoms with Crippen LogP contribution in [0.15, 0.2) is 71.7 Å². The van der Waals surface area contributed by atoms with Crippen LogP contribution in [0.4, 0.5) is 5.95 Å². The molecule has 0 bridgehead atoms. The van der Waals surface area contributed by atoms with Gasteiger partial charge in [0.15, 0.2) is 11.2 Å². The van der Waals surface area contributed by atoms with Gasteiger partial charge in [-0.15, -0.1) is 0 Å². The fourth-order valence-corrected chi connectivity index (χ4v) is 9.10. The summed E-state index contributed by atoms with van der Waals surface area (Å²) in [5.41, 5.74) is -0.673. The zero-order valence-corrected chi connectivity index (χ0v) is 25.0. The average molecular weight is 554 g/mol. The maximum absolute atomic E-state index is 12.7. The number of nitrogens with one attached hydrogen (secondary N) is 2. The first kappa shape index (κ1) is 28.9. The van der Waals surface area contributed by atoms with Crippen molar-refractivity contribution >= 4 is 41.7 Å². The first-order chi connectivity index (χ1) is 18.8. The molecule has 2 aromatic heterocycles. The minimum absolute atomic E-state index is 0.0258. The van der Waals surface area contributed by atoms with Gasteiger partial charge in [0, 0.05) is 5.41 Å². The molecule has 1 atom stereocenters. The Morgan fingerprint density at radius 1 is 0.950 bits per heavy atom. The molecule has 2 heterocycles. The van der Waals surface area contributed by atoms with Gasteiger partial charge in [0.05, 0.1) is 6.20 Å². The van der Waals surface area contributed by atoms with Gasteiger partial charge in [0.2, 0.25) is 11.9 Å². The number of amides is 1. The Bertz CT molecular complexity index is 1590. The van der Waals surface area contributed by atoms with Crippen molar-refractivity contribution in [2.75, 3.05) is 5.32 Å². The topological polar surface area (TPSA) is 110 Å². The second-order valence-corrected chi connectivity index (χ2v) is 16.0. The molecule has 4 aromatic rings. The van der Waals surface area contributed by atoms with E-state index in [1.807, 2.05) is 43.3 Å². The molecule has 0 aliphatic heterocycles. The number of aromatic amines is 1. The highest BCUT2D eigenvalue weighted by atomic mass is 28.4. The van der Waals surface area contributed by atoms with Gasteiger partial charge >= 0.3 is 0 Å². The molecule has 2 N–H and O–H groups in total. The standard InChI is InChI=1S/C31H35N5O3Si/c1-21(39-40(31(5,6)7,23-14-10-8-11-15-23)24-16-12-9-13-17-24)18-19-22-20-32-26-25(33-22)27(37)35-29(34-26)36-28(38)30(2,3)4/h8-17,20-21H,1-7H3,(H2,32,34,35,36,37,38).